The number of anilines is 1. The van der Waals surface area contributed by atoms with Crippen LogP contribution in [0.3, 0.4) is 0 Å². The minimum absolute atomic E-state index is 0.192. The third-order valence-corrected chi connectivity index (χ3v) is 7.31. The lowest BCUT2D eigenvalue weighted by molar-refractivity contribution is -0.122. The summed E-state index contributed by atoms with van der Waals surface area (Å²) in [5.41, 5.74) is 0.511. The maximum Gasteiger partial charge on any atom is 0.265 e. The lowest BCUT2D eigenvalue weighted by Crippen LogP contribution is -2.40. The summed E-state index contributed by atoms with van der Waals surface area (Å²) in [7, 11) is -3.57. The molecule has 1 aliphatic rings. The molecule has 1 amide bonds. The molecular formula is C24H26N2O5S. The van der Waals surface area contributed by atoms with Crippen molar-refractivity contribution >= 4 is 32.4 Å². The van der Waals surface area contributed by atoms with Gasteiger partial charge in [0.25, 0.3) is 5.91 Å². The lowest BCUT2D eigenvalue weighted by Gasteiger charge is -2.26. The molecule has 1 heterocycles. The van der Waals surface area contributed by atoms with E-state index in [2.05, 4.69) is 5.32 Å². The van der Waals surface area contributed by atoms with E-state index < -0.39 is 16.1 Å². The Morgan fingerprint density at radius 3 is 2.41 bits per heavy atom. The molecule has 1 atom stereocenters. The molecule has 7 nitrogen and oxygen atoms in total. The summed E-state index contributed by atoms with van der Waals surface area (Å²) >= 11 is 0. The summed E-state index contributed by atoms with van der Waals surface area (Å²) < 4.78 is 38.0. The zero-order chi connectivity index (χ0) is 22.6. The van der Waals surface area contributed by atoms with E-state index in [0.29, 0.717) is 44.2 Å². The predicted molar refractivity (Wildman–Crippen MR) is 123 cm³/mol. The number of hydrogen-bond donors (Lipinski definition) is 1. The van der Waals surface area contributed by atoms with Gasteiger partial charge in [0.15, 0.2) is 6.10 Å². The highest BCUT2D eigenvalue weighted by atomic mass is 32.2. The van der Waals surface area contributed by atoms with E-state index in [1.54, 1.807) is 12.1 Å². The number of rotatable bonds is 7. The van der Waals surface area contributed by atoms with Crippen molar-refractivity contribution in [3.8, 4) is 5.75 Å². The number of carbonyl (C=O) groups is 1. The zero-order valence-corrected chi connectivity index (χ0v) is 18.7. The number of nitrogens with one attached hydrogen (secondary N) is 1. The summed E-state index contributed by atoms with van der Waals surface area (Å²) in [5, 5.41) is 4.96. The van der Waals surface area contributed by atoms with Crippen molar-refractivity contribution in [2.24, 2.45) is 0 Å². The Bertz CT molecular complexity index is 1190. The second-order valence-electron chi connectivity index (χ2n) is 7.55. The number of hydrogen-bond acceptors (Lipinski definition) is 5. The fourth-order valence-corrected chi connectivity index (χ4v) is 5.00. The molecular weight excluding hydrogens is 428 g/mol. The van der Waals surface area contributed by atoms with Crippen molar-refractivity contribution in [2.75, 3.05) is 31.6 Å². The number of amides is 1. The molecule has 0 bridgehead atoms. The Kier molecular flexibility index (Phi) is 6.74. The Labute approximate surface area is 188 Å². The summed E-state index contributed by atoms with van der Waals surface area (Å²) in [6.07, 6.45) is -0.185. The Balaban J connectivity index is 1.42. The largest absolute Gasteiger partial charge is 0.481 e. The molecule has 3 aromatic carbocycles. The number of fused-ring (bicyclic) bond motifs is 1. The third-order valence-electron chi connectivity index (χ3n) is 5.39. The van der Waals surface area contributed by atoms with Gasteiger partial charge in [-0.1, -0.05) is 37.3 Å². The highest BCUT2D eigenvalue weighted by molar-refractivity contribution is 7.89. The van der Waals surface area contributed by atoms with Gasteiger partial charge in [-0.3, -0.25) is 4.79 Å². The van der Waals surface area contributed by atoms with Crippen molar-refractivity contribution in [3.63, 3.8) is 0 Å². The monoisotopic (exact) mass is 454 g/mol. The summed E-state index contributed by atoms with van der Waals surface area (Å²) in [6.45, 7) is 3.34. The Morgan fingerprint density at radius 2 is 1.72 bits per heavy atom. The minimum Gasteiger partial charge on any atom is -0.481 e. The Morgan fingerprint density at radius 1 is 1.03 bits per heavy atom. The molecule has 8 heteroatoms. The van der Waals surface area contributed by atoms with Crippen molar-refractivity contribution in [3.05, 3.63) is 66.7 Å². The van der Waals surface area contributed by atoms with Crippen molar-refractivity contribution in [1.29, 1.82) is 0 Å². The quantitative estimate of drug-likeness (QED) is 0.589. The first kappa shape index (κ1) is 22.3. The van der Waals surface area contributed by atoms with Crippen molar-refractivity contribution in [2.45, 2.75) is 24.3 Å². The highest BCUT2D eigenvalue weighted by Crippen LogP contribution is 2.23. The van der Waals surface area contributed by atoms with E-state index in [9.17, 15) is 13.2 Å². The summed E-state index contributed by atoms with van der Waals surface area (Å²) in [6, 6.07) is 19.9. The van der Waals surface area contributed by atoms with Crippen LogP contribution in [-0.2, 0) is 19.6 Å². The molecule has 0 radical (unpaired) electrons. The average Bonchev–Trinajstić information content (AvgIpc) is 2.83. The van der Waals surface area contributed by atoms with Crippen LogP contribution in [0.5, 0.6) is 5.75 Å². The first-order valence-corrected chi connectivity index (χ1v) is 12.1. The van der Waals surface area contributed by atoms with Gasteiger partial charge in [0.05, 0.1) is 18.1 Å². The highest BCUT2D eigenvalue weighted by Gasteiger charge is 2.26. The van der Waals surface area contributed by atoms with Crippen LogP contribution in [0.4, 0.5) is 5.69 Å². The first-order valence-electron chi connectivity index (χ1n) is 10.6. The zero-order valence-electron chi connectivity index (χ0n) is 17.9. The second-order valence-corrected chi connectivity index (χ2v) is 9.49. The molecule has 4 rings (SSSR count). The van der Waals surface area contributed by atoms with E-state index in [1.807, 2.05) is 49.4 Å². The fraction of sp³-hybridized carbons (Fsp3) is 0.292. The van der Waals surface area contributed by atoms with E-state index in [4.69, 9.17) is 9.47 Å². The molecule has 3 aromatic rings. The number of morpholine rings is 1. The molecule has 32 heavy (non-hydrogen) atoms. The first-order chi connectivity index (χ1) is 15.5. The van der Waals surface area contributed by atoms with Crippen LogP contribution in [0.15, 0.2) is 71.6 Å². The van der Waals surface area contributed by atoms with Crippen LogP contribution in [0.1, 0.15) is 13.3 Å². The van der Waals surface area contributed by atoms with Crippen LogP contribution in [0.25, 0.3) is 10.8 Å². The number of benzene rings is 3. The van der Waals surface area contributed by atoms with Crippen molar-refractivity contribution in [1.82, 2.24) is 4.31 Å². The van der Waals surface area contributed by atoms with Gasteiger partial charge < -0.3 is 14.8 Å². The maximum absolute atomic E-state index is 12.8. The molecule has 1 fully saturated rings. The molecule has 0 spiro atoms. The molecule has 0 aliphatic carbocycles. The van der Waals surface area contributed by atoms with Crippen LogP contribution in [-0.4, -0.2) is 51.0 Å². The predicted octanol–water partition coefficient (Wildman–Crippen LogP) is 3.66. The average molecular weight is 455 g/mol. The topological polar surface area (TPSA) is 84.9 Å². The smallest absolute Gasteiger partial charge is 0.265 e. The van der Waals surface area contributed by atoms with E-state index >= 15 is 0 Å². The number of sulfonamides is 1. The third kappa shape index (κ3) is 4.93. The Hall–Kier alpha value is -2.94. The van der Waals surface area contributed by atoms with Gasteiger partial charge in [0, 0.05) is 18.8 Å². The molecule has 0 aromatic heterocycles. The van der Waals surface area contributed by atoms with Gasteiger partial charge in [0.2, 0.25) is 10.0 Å². The molecule has 0 unspecified atom stereocenters. The molecule has 1 aliphatic heterocycles. The van der Waals surface area contributed by atoms with Crippen LogP contribution >= 0.6 is 0 Å². The van der Waals surface area contributed by atoms with Gasteiger partial charge in [-0.15, -0.1) is 0 Å². The number of carbonyl (C=O) groups excluding carboxylic acids is 1. The second kappa shape index (κ2) is 9.68. The summed E-state index contributed by atoms with van der Waals surface area (Å²) in [5.74, 6) is 0.335. The molecule has 1 N–H and O–H groups in total. The molecule has 168 valence electrons. The van der Waals surface area contributed by atoms with Gasteiger partial charge in [-0.05, 0) is 53.6 Å². The maximum atomic E-state index is 12.8. The van der Waals surface area contributed by atoms with E-state index in [1.165, 1.54) is 16.4 Å². The lowest BCUT2D eigenvalue weighted by atomic mass is 10.1. The van der Waals surface area contributed by atoms with Crippen LogP contribution in [0, 0.1) is 0 Å². The summed E-state index contributed by atoms with van der Waals surface area (Å²) in [4.78, 5) is 13.0. The molecule has 1 saturated heterocycles. The van der Waals surface area contributed by atoms with E-state index in [0.717, 1.165) is 10.8 Å². The van der Waals surface area contributed by atoms with Gasteiger partial charge in [0.1, 0.15) is 5.75 Å². The van der Waals surface area contributed by atoms with E-state index in [-0.39, 0.29) is 10.8 Å². The minimum atomic E-state index is -3.57. The number of ether oxygens (including phenoxy) is 2. The normalized spacial score (nSPS) is 15.9. The van der Waals surface area contributed by atoms with Crippen LogP contribution in [0.2, 0.25) is 0 Å². The van der Waals surface area contributed by atoms with Crippen LogP contribution < -0.4 is 10.1 Å². The van der Waals surface area contributed by atoms with Crippen molar-refractivity contribution < 1.29 is 22.7 Å². The fourth-order valence-electron chi connectivity index (χ4n) is 3.60. The van der Waals surface area contributed by atoms with Gasteiger partial charge >= 0.3 is 0 Å². The number of nitrogens with zero attached hydrogens (tertiary/aromatic N) is 1. The molecule has 0 saturated carbocycles. The standard InChI is InChI=1S/C24H26N2O5S/c1-2-23(31-21-10-7-18-5-3-4-6-19(18)17-21)24(27)25-20-8-11-22(12-9-20)32(28,29)26-13-15-30-16-14-26/h3-12,17,23H,2,13-16H2,1H3,(H,25,27)/t23-/m1/s1. The van der Waals surface area contributed by atoms with Gasteiger partial charge in [-0.2, -0.15) is 4.31 Å². The SMILES string of the molecule is CC[C@@H](Oc1ccc2ccccc2c1)C(=O)Nc1ccc(S(=O)(=O)N2CCOCC2)cc1. The van der Waals surface area contributed by atoms with Gasteiger partial charge in [-0.25, -0.2) is 8.42 Å².